The highest BCUT2D eigenvalue weighted by atomic mass is 35.5. The Hall–Kier alpha value is -1.03. The van der Waals surface area contributed by atoms with Gasteiger partial charge < -0.3 is 4.74 Å². The number of hydrogen-bond acceptors (Lipinski definition) is 3. The zero-order valence-electron chi connectivity index (χ0n) is 9.69. The Morgan fingerprint density at radius 1 is 1.11 bits per heavy atom. The second-order valence-electron chi connectivity index (χ2n) is 4.35. The third kappa shape index (κ3) is 2.78. The Labute approximate surface area is 125 Å². The normalized spacial score (nSPS) is 20.1. The fourth-order valence-electron chi connectivity index (χ4n) is 1.88. The second kappa shape index (κ2) is 4.82. The molecule has 98 valence electrons. The highest BCUT2D eigenvalue weighted by Crippen LogP contribution is 2.61. The first kappa shape index (κ1) is 13.0. The summed E-state index contributed by atoms with van der Waals surface area (Å²) in [7, 11) is 0. The molecule has 19 heavy (non-hydrogen) atoms. The standard InChI is InChI=1S/C13H9Cl3N2O/c14-11-5-6-12(18-17-11)19-10-4-2-1-3-8(10)9-7-13(9,15)16/h1-6,9H,7H2. The lowest BCUT2D eigenvalue weighted by Gasteiger charge is -2.10. The van der Waals surface area contributed by atoms with Crippen LogP contribution in [0.25, 0.3) is 0 Å². The topological polar surface area (TPSA) is 35.0 Å². The van der Waals surface area contributed by atoms with Gasteiger partial charge in [-0.15, -0.1) is 33.4 Å². The minimum Gasteiger partial charge on any atom is -0.437 e. The van der Waals surface area contributed by atoms with Gasteiger partial charge in [0.25, 0.3) is 0 Å². The molecule has 0 aliphatic heterocycles. The van der Waals surface area contributed by atoms with E-state index in [1.807, 2.05) is 24.3 Å². The number of para-hydroxylation sites is 1. The number of alkyl halides is 2. The summed E-state index contributed by atoms with van der Waals surface area (Å²) < 4.78 is 5.02. The molecule has 1 unspecified atom stereocenters. The van der Waals surface area contributed by atoms with Crippen molar-refractivity contribution in [2.75, 3.05) is 0 Å². The van der Waals surface area contributed by atoms with Crippen LogP contribution in [0.1, 0.15) is 17.9 Å². The van der Waals surface area contributed by atoms with Crippen molar-refractivity contribution >= 4 is 34.8 Å². The van der Waals surface area contributed by atoms with Crippen LogP contribution in [0, 0.1) is 0 Å². The molecule has 2 aromatic rings. The number of nitrogens with zero attached hydrogens (tertiary/aromatic N) is 2. The molecule has 0 N–H and O–H groups in total. The van der Waals surface area contributed by atoms with Gasteiger partial charge in [0.05, 0.1) is 0 Å². The van der Waals surface area contributed by atoms with Crippen molar-refractivity contribution in [1.29, 1.82) is 0 Å². The molecular weight excluding hydrogens is 307 g/mol. The molecule has 0 spiro atoms. The average Bonchev–Trinajstić information content (AvgIpc) is 3.02. The van der Waals surface area contributed by atoms with Crippen LogP contribution < -0.4 is 4.74 Å². The van der Waals surface area contributed by atoms with E-state index >= 15 is 0 Å². The molecule has 3 rings (SSSR count). The smallest absolute Gasteiger partial charge is 0.238 e. The highest BCUT2D eigenvalue weighted by molar-refractivity contribution is 6.51. The summed E-state index contributed by atoms with van der Waals surface area (Å²) in [4.78, 5) is 0. The molecule has 0 bridgehead atoms. The predicted octanol–water partition coefficient (Wildman–Crippen LogP) is 4.58. The van der Waals surface area contributed by atoms with E-state index in [0.29, 0.717) is 16.8 Å². The Bertz CT molecular complexity index is 601. The molecule has 0 saturated heterocycles. The van der Waals surface area contributed by atoms with Crippen molar-refractivity contribution in [2.45, 2.75) is 16.7 Å². The fraction of sp³-hybridized carbons (Fsp3) is 0.231. The van der Waals surface area contributed by atoms with Crippen molar-refractivity contribution in [2.24, 2.45) is 0 Å². The van der Waals surface area contributed by atoms with Gasteiger partial charge >= 0.3 is 0 Å². The highest BCUT2D eigenvalue weighted by Gasteiger charge is 2.53. The van der Waals surface area contributed by atoms with Crippen LogP contribution >= 0.6 is 34.8 Å². The van der Waals surface area contributed by atoms with E-state index in [0.717, 1.165) is 12.0 Å². The van der Waals surface area contributed by atoms with Gasteiger partial charge in [0.15, 0.2) is 5.15 Å². The molecule has 1 aromatic carbocycles. The number of rotatable bonds is 3. The molecule has 0 amide bonds. The summed E-state index contributed by atoms with van der Waals surface area (Å²) in [6, 6.07) is 10.9. The average molecular weight is 316 g/mol. The maximum absolute atomic E-state index is 6.10. The van der Waals surface area contributed by atoms with Crippen LogP contribution in [0.15, 0.2) is 36.4 Å². The molecule has 1 aliphatic rings. The molecule has 0 radical (unpaired) electrons. The van der Waals surface area contributed by atoms with E-state index in [1.165, 1.54) is 0 Å². The van der Waals surface area contributed by atoms with Crippen molar-refractivity contribution in [3.05, 3.63) is 47.1 Å². The monoisotopic (exact) mass is 314 g/mol. The van der Waals surface area contributed by atoms with Crippen LogP contribution in [0.3, 0.4) is 0 Å². The summed E-state index contributed by atoms with van der Waals surface area (Å²) in [5, 5.41) is 7.92. The Kier molecular flexibility index (Phi) is 3.29. The SMILES string of the molecule is Clc1ccc(Oc2ccccc2C2CC2(Cl)Cl)nn1. The molecule has 3 nitrogen and oxygen atoms in total. The van der Waals surface area contributed by atoms with Crippen molar-refractivity contribution < 1.29 is 4.74 Å². The van der Waals surface area contributed by atoms with E-state index < -0.39 is 4.33 Å². The number of benzene rings is 1. The lowest BCUT2D eigenvalue weighted by atomic mass is 10.1. The molecule has 1 saturated carbocycles. The molecule has 1 atom stereocenters. The van der Waals surface area contributed by atoms with Crippen LogP contribution in [0.2, 0.25) is 5.15 Å². The lowest BCUT2D eigenvalue weighted by molar-refractivity contribution is 0.450. The van der Waals surface area contributed by atoms with Crippen molar-refractivity contribution in [3.8, 4) is 11.6 Å². The summed E-state index contributed by atoms with van der Waals surface area (Å²) >= 11 is 17.9. The van der Waals surface area contributed by atoms with Crippen LogP contribution in [-0.2, 0) is 0 Å². The van der Waals surface area contributed by atoms with E-state index in [1.54, 1.807) is 12.1 Å². The largest absolute Gasteiger partial charge is 0.437 e. The minimum atomic E-state index is -0.689. The summed E-state index contributed by atoms with van der Waals surface area (Å²) in [6.07, 6.45) is 0.725. The first-order chi connectivity index (χ1) is 9.06. The van der Waals surface area contributed by atoms with Gasteiger partial charge in [-0.05, 0) is 18.6 Å². The molecule has 1 heterocycles. The van der Waals surface area contributed by atoms with Gasteiger partial charge in [-0.25, -0.2) is 0 Å². The maximum Gasteiger partial charge on any atom is 0.238 e. The van der Waals surface area contributed by atoms with Gasteiger partial charge in [-0.1, -0.05) is 29.8 Å². The van der Waals surface area contributed by atoms with E-state index in [9.17, 15) is 0 Å². The summed E-state index contributed by atoms with van der Waals surface area (Å²) in [6.45, 7) is 0. The minimum absolute atomic E-state index is 0.0901. The van der Waals surface area contributed by atoms with E-state index in [2.05, 4.69) is 10.2 Å². The van der Waals surface area contributed by atoms with Gasteiger partial charge in [-0.2, -0.15) is 0 Å². The molecule has 1 fully saturated rings. The van der Waals surface area contributed by atoms with Crippen LogP contribution in [-0.4, -0.2) is 14.5 Å². The Morgan fingerprint density at radius 3 is 2.47 bits per heavy atom. The molecule has 1 aromatic heterocycles. The summed E-state index contributed by atoms with van der Waals surface area (Å²) in [5.74, 6) is 1.16. The number of halogens is 3. The van der Waals surface area contributed by atoms with Crippen molar-refractivity contribution in [3.63, 3.8) is 0 Å². The number of hydrogen-bond donors (Lipinski definition) is 0. The summed E-state index contributed by atoms with van der Waals surface area (Å²) in [5.41, 5.74) is 0.976. The zero-order chi connectivity index (χ0) is 13.5. The fourth-order valence-corrected chi connectivity index (χ4v) is 2.53. The van der Waals surface area contributed by atoms with E-state index in [-0.39, 0.29) is 5.92 Å². The quantitative estimate of drug-likeness (QED) is 0.777. The molecule has 1 aliphatic carbocycles. The molecular formula is C13H9Cl3N2O. The first-order valence-electron chi connectivity index (χ1n) is 5.70. The van der Waals surface area contributed by atoms with Gasteiger partial charge in [0, 0.05) is 17.5 Å². The number of aromatic nitrogens is 2. The van der Waals surface area contributed by atoms with Gasteiger partial charge in [0.1, 0.15) is 10.1 Å². The number of ether oxygens (including phenoxy) is 1. The van der Waals surface area contributed by atoms with Crippen LogP contribution in [0.4, 0.5) is 0 Å². The van der Waals surface area contributed by atoms with Crippen molar-refractivity contribution in [1.82, 2.24) is 10.2 Å². The second-order valence-corrected chi connectivity index (χ2v) is 6.28. The third-order valence-corrected chi connectivity index (χ3v) is 3.98. The molecule has 6 heteroatoms. The maximum atomic E-state index is 6.10. The van der Waals surface area contributed by atoms with E-state index in [4.69, 9.17) is 39.5 Å². The van der Waals surface area contributed by atoms with Crippen LogP contribution in [0.5, 0.6) is 11.6 Å². The predicted molar refractivity (Wildman–Crippen MR) is 75.4 cm³/mol. The Balaban J connectivity index is 1.87. The zero-order valence-corrected chi connectivity index (χ0v) is 12.0. The first-order valence-corrected chi connectivity index (χ1v) is 6.83. The lowest BCUT2D eigenvalue weighted by Crippen LogP contribution is -1.96. The Morgan fingerprint density at radius 2 is 1.84 bits per heavy atom. The third-order valence-electron chi connectivity index (χ3n) is 2.94. The van der Waals surface area contributed by atoms with Gasteiger partial charge in [-0.3, -0.25) is 0 Å². The van der Waals surface area contributed by atoms with Gasteiger partial charge in [0.2, 0.25) is 5.88 Å².